The summed E-state index contributed by atoms with van der Waals surface area (Å²) < 4.78 is 27.4. The summed E-state index contributed by atoms with van der Waals surface area (Å²) in [6.07, 6.45) is 0. The van der Waals surface area contributed by atoms with Gasteiger partial charge in [-0.3, -0.25) is 10.1 Å². The van der Waals surface area contributed by atoms with Gasteiger partial charge < -0.3 is 5.32 Å². The zero-order chi connectivity index (χ0) is 14.7. The lowest BCUT2D eigenvalue weighted by Gasteiger charge is -2.08. The van der Waals surface area contributed by atoms with E-state index in [1.807, 2.05) is 0 Å². The first-order valence-corrected chi connectivity index (χ1v) is 6.26. The number of hydrogen-bond donors (Lipinski definition) is 1. The Morgan fingerprint density at radius 2 is 2.05 bits per heavy atom. The van der Waals surface area contributed by atoms with Crippen molar-refractivity contribution in [2.45, 2.75) is 6.54 Å². The first-order chi connectivity index (χ1) is 9.49. The normalized spacial score (nSPS) is 10.3. The maximum Gasteiger partial charge on any atom is 0.295 e. The van der Waals surface area contributed by atoms with E-state index in [9.17, 15) is 18.9 Å². The summed E-state index contributed by atoms with van der Waals surface area (Å²) in [4.78, 5) is 14.1. The monoisotopic (exact) mass is 343 g/mol. The largest absolute Gasteiger partial charge is 0.371 e. The third-order valence-electron chi connectivity index (χ3n) is 2.49. The van der Waals surface area contributed by atoms with Gasteiger partial charge in [-0.1, -0.05) is 6.07 Å². The highest BCUT2D eigenvalue weighted by atomic mass is 79.9. The fourth-order valence-corrected chi connectivity index (χ4v) is 1.97. The minimum Gasteiger partial charge on any atom is -0.371 e. The van der Waals surface area contributed by atoms with Crippen LogP contribution < -0.4 is 5.32 Å². The number of nitrogens with zero attached hydrogens (tertiary/aromatic N) is 2. The van der Waals surface area contributed by atoms with Crippen molar-refractivity contribution in [3.8, 4) is 0 Å². The number of nitrogens with one attached hydrogen (secondary N) is 1. The summed E-state index contributed by atoms with van der Waals surface area (Å²) in [5.41, 5.74) is -0.493. The molecule has 0 bridgehead atoms. The first kappa shape index (κ1) is 14.3. The van der Waals surface area contributed by atoms with Crippen LogP contribution in [-0.4, -0.2) is 9.91 Å². The van der Waals surface area contributed by atoms with E-state index in [-0.39, 0.29) is 6.54 Å². The fourth-order valence-electron chi connectivity index (χ4n) is 1.59. The van der Waals surface area contributed by atoms with Gasteiger partial charge in [0.1, 0.15) is 4.60 Å². The third kappa shape index (κ3) is 3.08. The summed E-state index contributed by atoms with van der Waals surface area (Å²) in [5.74, 6) is -2.44. The molecule has 1 aromatic heterocycles. The Morgan fingerprint density at radius 3 is 2.70 bits per heavy atom. The Labute approximate surface area is 120 Å². The second-order valence-corrected chi connectivity index (χ2v) is 4.63. The van der Waals surface area contributed by atoms with Crippen LogP contribution >= 0.6 is 15.9 Å². The van der Waals surface area contributed by atoms with Crippen LogP contribution in [0.2, 0.25) is 0 Å². The molecule has 1 heterocycles. The SMILES string of the molecule is O=[N+]([O-])c1ccc(F)c(F)c1NCc1cccc(Br)n1. The van der Waals surface area contributed by atoms with E-state index in [4.69, 9.17) is 0 Å². The van der Waals surface area contributed by atoms with Crippen LogP contribution in [0.3, 0.4) is 0 Å². The van der Waals surface area contributed by atoms with Gasteiger partial charge in [0.15, 0.2) is 17.3 Å². The van der Waals surface area contributed by atoms with E-state index < -0.39 is 27.9 Å². The Morgan fingerprint density at radius 1 is 1.30 bits per heavy atom. The minimum atomic E-state index is -1.28. The van der Waals surface area contributed by atoms with Crippen molar-refractivity contribution in [2.75, 3.05) is 5.32 Å². The number of rotatable bonds is 4. The molecule has 0 spiro atoms. The molecule has 0 atom stereocenters. The topological polar surface area (TPSA) is 68.1 Å². The van der Waals surface area contributed by atoms with Crippen LogP contribution in [0.25, 0.3) is 0 Å². The Balaban J connectivity index is 2.29. The molecule has 8 heteroatoms. The molecule has 0 radical (unpaired) electrons. The van der Waals surface area contributed by atoms with Crippen LogP contribution in [-0.2, 0) is 6.54 Å². The quantitative estimate of drug-likeness (QED) is 0.522. The Bertz CT molecular complexity index is 667. The van der Waals surface area contributed by atoms with E-state index in [1.54, 1.807) is 18.2 Å². The second-order valence-electron chi connectivity index (χ2n) is 3.82. The maximum absolute atomic E-state index is 13.6. The molecule has 20 heavy (non-hydrogen) atoms. The minimum absolute atomic E-state index is 0.0284. The van der Waals surface area contributed by atoms with E-state index in [1.165, 1.54) is 0 Å². The number of nitro benzene ring substituents is 1. The molecule has 1 N–H and O–H groups in total. The standard InChI is InChI=1S/C12H8BrF2N3O2/c13-10-3-1-2-7(17-10)6-16-12-9(18(19)20)5-4-8(14)11(12)15/h1-5,16H,6H2. The smallest absolute Gasteiger partial charge is 0.295 e. The lowest BCUT2D eigenvalue weighted by Crippen LogP contribution is -2.07. The van der Waals surface area contributed by atoms with Crippen molar-refractivity contribution in [2.24, 2.45) is 0 Å². The Hall–Kier alpha value is -2.09. The van der Waals surface area contributed by atoms with Gasteiger partial charge in [-0.05, 0) is 34.1 Å². The van der Waals surface area contributed by atoms with E-state index >= 15 is 0 Å². The van der Waals surface area contributed by atoms with E-state index in [0.717, 1.165) is 12.1 Å². The predicted molar refractivity (Wildman–Crippen MR) is 72.3 cm³/mol. The van der Waals surface area contributed by atoms with Crippen LogP contribution in [0.5, 0.6) is 0 Å². The zero-order valence-corrected chi connectivity index (χ0v) is 11.5. The molecule has 2 aromatic rings. The highest BCUT2D eigenvalue weighted by Crippen LogP contribution is 2.29. The van der Waals surface area contributed by atoms with E-state index in [0.29, 0.717) is 10.3 Å². The van der Waals surface area contributed by atoms with Gasteiger partial charge in [-0.25, -0.2) is 13.8 Å². The van der Waals surface area contributed by atoms with Gasteiger partial charge in [0.25, 0.3) is 5.69 Å². The lowest BCUT2D eigenvalue weighted by atomic mass is 10.2. The van der Waals surface area contributed by atoms with Crippen LogP contribution in [0, 0.1) is 21.7 Å². The molecule has 0 aliphatic carbocycles. The summed E-state index contributed by atoms with van der Waals surface area (Å²) in [6.45, 7) is 0.0284. The number of benzene rings is 1. The maximum atomic E-state index is 13.6. The molecular formula is C12H8BrF2N3O2. The van der Waals surface area contributed by atoms with Crippen molar-refractivity contribution >= 4 is 27.3 Å². The van der Waals surface area contributed by atoms with Crippen LogP contribution in [0.4, 0.5) is 20.2 Å². The number of anilines is 1. The molecule has 5 nitrogen and oxygen atoms in total. The van der Waals surface area contributed by atoms with Crippen molar-refractivity contribution < 1.29 is 13.7 Å². The molecule has 1 aromatic carbocycles. The molecule has 0 aliphatic rings. The molecular weight excluding hydrogens is 336 g/mol. The van der Waals surface area contributed by atoms with Crippen LogP contribution in [0.15, 0.2) is 34.9 Å². The van der Waals surface area contributed by atoms with Crippen molar-refractivity contribution in [3.63, 3.8) is 0 Å². The van der Waals surface area contributed by atoms with Gasteiger partial charge in [-0.2, -0.15) is 0 Å². The van der Waals surface area contributed by atoms with Gasteiger partial charge >= 0.3 is 0 Å². The molecule has 2 rings (SSSR count). The Kier molecular flexibility index (Phi) is 4.23. The van der Waals surface area contributed by atoms with Gasteiger partial charge in [-0.15, -0.1) is 0 Å². The molecule has 0 unspecified atom stereocenters. The number of nitro groups is 1. The summed E-state index contributed by atoms with van der Waals surface area (Å²) in [5, 5.41) is 13.3. The summed E-state index contributed by atoms with van der Waals surface area (Å²) in [6, 6.07) is 6.70. The van der Waals surface area contributed by atoms with Crippen molar-refractivity contribution in [1.29, 1.82) is 0 Å². The average molecular weight is 344 g/mol. The predicted octanol–water partition coefficient (Wildman–Crippen LogP) is 3.64. The number of halogens is 3. The fraction of sp³-hybridized carbons (Fsp3) is 0.0833. The number of hydrogen-bond acceptors (Lipinski definition) is 4. The number of aromatic nitrogens is 1. The van der Waals surface area contributed by atoms with Crippen molar-refractivity contribution in [3.05, 3.63) is 62.4 Å². The lowest BCUT2D eigenvalue weighted by molar-refractivity contribution is -0.384. The molecule has 0 aliphatic heterocycles. The third-order valence-corrected chi connectivity index (χ3v) is 2.93. The molecule has 0 fully saturated rings. The summed E-state index contributed by atoms with van der Waals surface area (Å²) in [7, 11) is 0. The summed E-state index contributed by atoms with van der Waals surface area (Å²) >= 11 is 3.17. The number of pyridine rings is 1. The van der Waals surface area contributed by atoms with Crippen LogP contribution in [0.1, 0.15) is 5.69 Å². The second kappa shape index (κ2) is 5.91. The molecule has 104 valence electrons. The highest BCUT2D eigenvalue weighted by Gasteiger charge is 2.21. The van der Waals surface area contributed by atoms with Crippen molar-refractivity contribution in [1.82, 2.24) is 4.98 Å². The molecule has 0 saturated heterocycles. The van der Waals surface area contributed by atoms with E-state index in [2.05, 4.69) is 26.2 Å². The van der Waals surface area contributed by atoms with Gasteiger partial charge in [0.05, 0.1) is 17.2 Å². The zero-order valence-electron chi connectivity index (χ0n) is 9.94. The molecule has 0 amide bonds. The molecule has 0 saturated carbocycles. The van der Waals surface area contributed by atoms with Gasteiger partial charge in [0, 0.05) is 6.07 Å². The first-order valence-electron chi connectivity index (χ1n) is 5.46. The highest BCUT2D eigenvalue weighted by molar-refractivity contribution is 9.10. The average Bonchev–Trinajstić information content (AvgIpc) is 2.40. The van der Waals surface area contributed by atoms with Gasteiger partial charge in [0.2, 0.25) is 0 Å².